The molecule has 5 nitrogen and oxygen atoms in total. The zero-order valence-corrected chi connectivity index (χ0v) is 17.5. The predicted octanol–water partition coefficient (Wildman–Crippen LogP) is 5.26. The third-order valence-corrected chi connectivity index (χ3v) is 5.97. The molecule has 4 rings (SSSR count). The van der Waals surface area contributed by atoms with Crippen molar-refractivity contribution in [2.75, 3.05) is 6.61 Å². The molecular weight excluding hydrogens is 364 g/mol. The molecule has 5 heteroatoms. The van der Waals surface area contributed by atoms with E-state index in [1.807, 2.05) is 6.07 Å². The smallest absolute Gasteiger partial charge is 0.355 e. The first kappa shape index (κ1) is 19.5. The van der Waals surface area contributed by atoms with Gasteiger partial charge >= 0.3 is 5.97 Å². The van der Waals surface area contributed by atoms with Crippen LogP contribution in [0.25, 0.3) is 22.2 Å². The van der Waals surface area contributed by atoms with E-state index < -0.39 is 5.97 Å². The van der Waals surface area contributed by atoms with Crippen molar-refractivity contribution in [1.29, 1.82) is 0 Å². The topological polar surface area (TPSA) is 75.2 Å². The van der Waals surface area contributed by atoms with Crippen LogP contribution < -0.4 is 0 Å². The molecule has 2 N–H and O–H groups in total. The van der Waals surface area contributed by atoms with Crippen molar-refractivity contribution in [2.45, 2.75) is 47.0 Å². The number of phenolic OH excluding ortho intramolecular Hbond substituents is 1. The van der Waals surface area contributed by atoms with Gasteiger partial charge in [-0.1, -0.05) is 32.9 Å². The Kier molecular flexibility index (Phi) is 4.85. The fourth-order valence-electron chi connectivity index (χ4n) is 4.30. The average molecular weight is 392 g/mol. The number of pyridine rings is 1. The van der Waals surface area contributed by atoms with E-state index in [9.17, 15) is 9.90 Å². The van der Waals surface area contributed by atoms with Crippen LogP contribution in [0.2, 0.25) is 0 Å². The molecule has 1 aliphatic rings. The van der Waals surface area contributed by atoms with E-state index in [2.05, 4.69) is 31.8 Å². The Hall–Kier alpha value is -2.82. The largest absolute Gasteiger partial charge is 0.508 e. The average Bonchev–Trinajstić information content (AvgIpc) is 3.03. The molecule has 1 aromatic carbocycles. The highest BCUT2D eigenvalue weighted by Gasteiger charge is 2.30. The molecule has 0 saturated carbocycles. The van der Waals surface area contributed by atoms with Crippen molar-refractivity contribution in [3.63, 3.8) is 0 Å². The van der Waals surface area contributed by atoms with Gasteiger partial charge in [0.05, 0.1) is 17.6 Å². The van der Waals surface area contributed by atoms with Gasteiger partial charge < -0.3 is 14.8 Å². The number of aromatic hydroxyl groups is 1. The highest BCUT2D eigenvalue weighted by Crippen LogP contribution is 2.40. The quantitative estimate of drug-likeness (QED) is 0.596. The number of aryl methyl sites for hydroxylation is 1. The molecule has 1 atom stereocenters. The molecule has 2 aromatic heterocycles. The third-order valence-electron chi connectivity index (χ3n) is 5.97. The number of H-pyrrole nitrogens is 1. The van der Waals surface area contributed by atoms with Crippen molar-refractivity contribution in [1.82, 2.24) is 9.97 Å². The summed E-state index contributed by atoms with van der Waals surface area (Å²) in [6, 6.07) is 9.06. The van der Waals surface area contributed by atoms with E-state index >= 15 is 0 Å². The number of ether oxygens (including phenoxy) is 1. The van der Waals surface area contributed by atoms with Crippen LogP contribution in [0.15, 0.2) is 30.3 Å². The van der Waals surface area contributed by atoms with E-state index in [1.165, 1.54) is 5.56 Å². The van der Waals surface area contributed by atoms with Crippen molar-refractivity contribution < 1.29 is 14.6 Å². The summed E-state index contributed by atoms with van der Waals surface area (Å²) < 4.78 is 5.28. The number of hydrogen-bond donors (Lipinski definition) is 2. The van der Waals surface area contributed by atoms with Crippen LogP contribution in [0.5, 0.6) is 5.75 Å². The molecule has 1 aliphatic carbocycles. The summed E-state index contributed by atoms with van der Waals surface area (Å²) in [6.07, 6.45) is 3.05. The van der Waals surface area contributed by atoms with Gasteiger partial charge in [-0.05, 0) is 66.8 Å². The minimum atomic E-state index is -0.408. The summed E-state index contributed by atoms with van der Waals surface area (Å²) in [5.41, 5.74) is 6.02. The fourth-order valence-corrected chi connectivity index (χ4v) is 4.30. The van der Waals surface area contributed by atoms with E-state index in [0.717, 1.165) is 41.6 Å². The Morgan fingerprint density at radius 1 is 1.31 bits per heavy atom. The minimum absolute atomic E-state index is 0.151. The molecule has 0 amide bonds. The van der Waals surface area contributed by atoms with Gasteiger partial charge in [-0.3, -0.25) is 4.98 Å². The summed E-state index contributed by atoms with van der Waals surface area (Å²) in [6.45, 7) is 8.97. The van der Waals surface area contributed by atoms with Crippen LogP contribution in [0.4, 0.5) is 0 Å². The molecule has 0 fully saturated rings. The lowest BCUT2D eigenvalue weighted by molar-refractivity contribution is 0.0521. The number of nitrogens with zero attached hydrogens (tertiary/aromatic N) is 1. The summed E-state index contributed by atoms with van der Waals surface area (Å²) in [5, 5.41) is 9.97. The van der Waals surface area contributed by atoms with Crippen LogP contribution >= 0.6 is 0 Å². The van der Waals surface area contributed by atoms with Crippen LogP contribution in [-0.2, 0) is 17.6 Å². The molecule has 0 saturated heterocycles. The predicted molar refractivity (Wildman–Crippen MR) is 114 cm³/mol. The van der Waals surface area contributed by atoms with Gasteiger partial charge in [0.2, 0.25) is 0 Å². The number of carbonyl (C=O) groups excluding carboxylic acids is 1. The Labute approximate surface area is 171 Å². The third kappa shape index (κ3) is 3.61. The van der Waals surface area contributed by atoms with Crippen LogP contribution in [0, 0.1) is 11.3 Å². The zero-order valence-electron chi connectivity index (χ0n) is 17.5. The van der Waals surface area contributed by atoms with Crippen molar-refractivity contribution in [3.05, 3.63) is 47.3 Å². The molecule has 2 heterocycles. The number of carbonyl (C=O) groups is 1. The number of aromatic nitrogens is 2. The number of aromatic amines is 1. The highest BCUT2D eigenvalue weighted by atomic mass is 16.5. The second-order valence-electron chi connectivity index (χ2n) is 8.94. The Morgan fingerprint density at radius 2 is 2.10 bits per heavy atom. The molecule has 0 bridgehead atoms. The molecule has 0 radical (unpaired) electrons. The molecule has 29 heavy (non-hydrogen) atoms. The summed E-state index contributed by atoms with van der Waals surface area (Å²) in [5.74, 6) is 0.353. The highest BCUT2D eigenvalue weighted by molar-refractivity contribution is 6.06. The Bertz CT molecular complexity index is 1080. The summed E-state index contributed by atoms with van der Waals surface area (Å²) >= 11 is 0. The normalized spacial score (nSPS) is 16.6. The molecule has 0 spiro atoms. The second kappa shape index (κ2) is 7.21. The van der Waals surface area contributed by atoms with Gasteiger partial charge in [-0.25, -0.2) is 4.79 Å². The molecular formula is C24H28N2O3. The fraction of sp³-hybridized carbons (Fsp3) is 0.417. The molecule has 1 unspecified atom stereocenters. The van der Waals surface area contributed by atoms with Gasteiger partial charge in [-0.15, -0.1) is 0 Å². The first-order chi connectivity index (χ1) is 13.8. The molecule has 152 valence electrons. The van der Waals surface area contributed by atoms with Crippen molar-refractivity contribution in [3.8, 4) is 16.9 Å². The maximum Gasteiger partial charge on any atom is 0.355 e. The standard InChI is InChI=1S/C24H28N2O3/c1-5-29-23(28)22-20(14-7-6-8-17(27)12-14)21-19(26-22)13-15-11-16(24(2,3)4)9-10-18(15)25-21/h6-8,12-13,16,26-27H,5,9-11H2,1-4H3. The number of fused-ring (bicyclic) bond motifs is 2. The summed E-state index contributed by atoms with van der Waals surface area (Å²) in [7, 11) is 0. The second-order valence-corrected chi connectivity index (χ2v) is 8.94. The number of benzene rings is 1. The van der Waals surface area contributed by atoms with Crippen LogP contribution in [0.3, 0.4) is 0 Å². The Balaban J connectivity index is 1.89. The maximum atomic E-state index is 12.7. The first-order valence-corrected chi connectivity index (χ1v) is 10.3. The van der Waals surface area contributed by atoms with E-state index in [1.54, 1.807) is 25.1 Å². The van der Waals surface area contributed by atoms with E-state index in [4.69, 9.17) is 9.72 Å². The Morgan fingerprint density at radius 3 is 2.79 bits per heavy atom. The lowest BCUT2D eigenvalue weighted by Gasteiger charge is -2.34. The number of rotatable bonds is 3. The summed E-state index contributed by atoms with van der Waals surface area (Å²) in [4.78, 5) is 20.9. The number of hydrogen-bond acceptors (Lipinski definition) is 4. The van der Waals surface area contributed by atoms with Gasteiger partial charge in [0.25, 0.3) is 0 Å². The molecule has 3 aromatic rings. The van der Waals surface area contributed by atoms with E-state index in [-0.39, 0.29) is 11.2 Å². The van der Waals surface area contributed by atoms with Gasteiger partial charge in [-0.2, -0.15) is 0 Å². The molecule has 0 aliphatic heterocycles. The number of esters is 1. The minimum Gasteiger partial charge on any atom is -0.508 e. The first-order valence-electron chi connectivity index (χ1n) is 10.3. The van der Waals surface area contributed by atoms with Crippen LogP contribution in [-0.4, -0.2) is 27.7 Å². The number of nitrogens with one attached hydrogen (secondary N) is 1. The number of phenols is 1. The van der Waals surface area contributed by atoms with Crippen molar-refractivity contribution in [2.24, 2.45) is 11.3 Å². The monoisotopic (exact) mass is 392 g/mol. The van der Waals surface area contributed by atoms with Gasteiger partial charge in [0.1, 0.15) is 11.4 Å². The maximum absolute atomic E-state index is 12.7. The van der Waals surface area contributed by atoms with Crippen molar-refractivity contribution >= 4 is 17.0 Å². The lowest BCUT2D eigenvalue weighted by Crippen LogP contribution is -2.27. The van der Waals surface area contributed by atoms with E-state index in [0.29, 0.717) is 23.8 Å². The van der Waals surface area contributed by atoms with Gasteiger partial charge in [0, 0.05) is 11.3 Å². The van der Waals surface area contributed by atoms with Crippen LogP contribution in [0.1, 0.15) is 55.9 Å². The SMILES string of the molecule is CCOC(=O)c1[nH]c2cc3c(nc2c1-c1cccc(O)c1)CCC(C(C)(C)C)C3. The van der Waals surface area contributed by atoms with Gasteiger partial charge in [0.15, 0.2) is 0 Å². The lowest BCUT2D eigenvalue weighted by atomic mass is 9.71. The zero-order chi connectivity index (χ0) is 20.8.